The first-order valence-electron chi connectivity index (χ1n) is 9.68. The second kappa shape index (κ2) is 5.93. The zero-order chi connectivity index (χ0) is 19.5. The first kappa shape index (κ1) is 17.5. The zero-order valence-corrected chi connectivity index (χ0v) is 16.6. The molecule has 0 spiro atoms. The van der Waals surface area contributed by atoms with E-state index in [9.17, 15) is 0 Å². The van der Waals surface area contributed by atoms with Crippen molar-refractivity contribution < 1.29 is 9.31 Å². The summed E-state index contributed by atoms with van der Waals surface area (Å²) in [5.41, 5.74) is 4.63. The quantitative estimate of drug-likeness (QED) is 0.488. The van der Waals surface area contributed by atoms with Crippen molar-refractivity contribution >= 4 is 34.5 Å². The number of benzene rings is 2. The average molecular weight is 370 g/mol. The van der Waals surface area contributed by atoms with Crippen LogP contribution in [0.25, 0.3) is 27.6 Å². The second-order valence-electron chi connectivity index (χ2n) is 8.41. The molecule has 0 saturated carbocycles. The van der Waals surface area contributed by atoms with E-state index in [2.05, 4.69) is 85.8 Å². The van der Waals surface area contributed by atoms with Gasteiger partial charge in [-0.1, -0.05) is 30.3 Å². The molecule has 0 radical (unpaired) electrons. The molecule has 28 heavy (non-hydrogen) atoms. The van der Waals surface area contributed by atoms with Crippen LogP contribution in [0.4, 0.5) is 0 Å². The van der Waals surface area contributed by atoms with Gasteiger partial charge in [-0.3, -0.25) is 4.98 Å². The van der Waals surface area contributed by atoms with E-state index in [-0.39, 0.29) is 18.3 Å². The standard InChI is InChI=1S/C23H23BN2O2/c1-22(2)23(3,4)28-24(27-22)16-12-13-19-18(15-16)21-20(11-8-14-25-21)26(19)17-9-6-5-7-10-17/h5-15H,1-4H3. The second-order valence-corrected chi connectivity index (χ2v) is 8.41. The minimum absolute atomic E-state index is 0.358. The lowest BCUT2D eigenvalue weighted by Gasteiger charge is -2.32. The molecule has 1 saturated heterocycles. The van der Waals surface area contributed by atoms with Crippen molar-refractivity contribution in [1.29, 1.82) is 0 Å². The van der Waals surface area contributed by atoms with Crippen LogP contribution in [0.1, 0.15) is 27.7 Å². The van der Waals surface area contributed by atoms with Gasteiger partial charge in [0.1, 0.15) is 0 Å². The predicted molar refractivity (Wildman–Crippen MR) is 114 cm³/mol. The molecule has 5 rings (SSSR count). The van der Waals surface area contributed by atoms with Crippen LogP contribution in [0.3, 0.4) is 0 Å². The smallest absolute Gasteiger partial charge is 0.399 e. The van der Waals surface area contributed by atoms with Crippen LogP contribution in [0.5, 0.6) is 0 Å². The maximum absolute atomic E-state index is 6.25. The van der Waals surface area contributed by atoms with E-state index in [1.54, 1.807) is 0 Å². The van der Waals surface area contributed by atoms with Gasteiger partial charge in [-0.15, -0.1) is 0 Å². The van der Waals surface area contributed by atoms with Crippen molar-refractivity contribution in [3.63, 3.8) is 0 Å². The lowest BCUT2D eigenvalue weighted by atomic mass is 9.78. The fourth-order valence-electron chi connectivity index (χ4n) is 3.83. The number of fused-ring (bicyclic) bond motifs is 3. The summed E-state index contributed by atoms with van der Waals surface area (Å²) < 4.78 is 14.8. The first-order valence-corrected chi connectivity index (χ1v) is 9.68. The molecule has 3 heterocycles. The summed E-state index contributed by atoms with van der Waals surface area (Å²) in [4.78, 5) is 4.68. The molecule has 1 fully saturated rings. The topological polar surface area (TPSA) is 36.3 Å². The highest BCUT2D eigenvalue weighted by atomic mass is 16.7. The molecule has 5 heteroatoms. The Morgan fingerprint density at radius 2 is 1.54 bits per heavy atom. The van der Waals surface area contributed by atoms with E-state index in [1.165, 1.54) is 0 Å². The van der Waals surface area contributed by atoms with Gasteiger partial charge >= 0.3 is 7.12 Å². The molecule has 0 amide bonds. The Morgan fingerprint density at radius 1 is 0.821 bits per heavy atom. The largest absolute Gasteiger partial charge is 0.494 e. The summed E-state index contributed by atoms with van der Waals surface area (Å²) >= 11 is 0. The van der Waals surface area contributed by atoms with Crippen LogP contribution in [-0.2, 0) is 9.31 Å². The number of hydrogen-bond donors (Lipinski definition) is 0. The number of hydrogen-bond acceptors (Lipinski definition) is 3. The van der Waals surface area contributed by atoms with Crippen LogP contribution < -0.4 is 5.46 Å². The third-order valence-electron chi connectivity index (χ3n) is 6.08. The highest BCUT2D eigenvalue weighted by Gasteiger charge is 2.51. The summed E-state index contributed by atoms with van der Waals surface area (Å²) in [6.07, 6.45) is 1.85. The Morgan fingerprint density at radius 3 is 2.25 bits per heavy atom. The van der Waals surface area contributed by atoms with Crippen molar-refractivity contribution in [2.24, 2.45) is 0 Å². The van der Waals surface area contributed by atoms with Crippen LogP contribution in [0, 0.1) is 0 Å². The number of rotatable bonds is 2. The maximum atomic E-state index is 6.25. The third-order valence-corrected chi connectivity index (χ3v) is 6.08. The number of para-hydroxylation sites is 1. The van der Waals surface area contributed by atoms with Crippen molar-refractivity contribution in [1.82, 2.24) is 9.55 Å². The predicted octanol–water partition coefficient (Wildman–Crippen LogP) is 4.48. The summed E-state index contributed by atoms with van der Waals surface area (Å²) in [7, 11) is -0.381. The molecule has 140 valence electrons. The van der Waals surface area contributed by atoms with E-state index < -0.39 is 0 Å². The Hall–Kier alpha value is -2.63. The summed E-state index contributed by atoms with van der Waals surface area (Å²) in [5.74, 6) is 0. The maximum Gasteiger partial charge on any atom is 0.494 e. The molecule has 2 aromatic heterocycles. The van der Waals surface area contributed by atoms with Gasteiger partial charge in [0, 0.05) is 17.3 Å². The summed E-state index contributed by atoms with van der Waals surface area (Å²) in [6, 6.07) is 20.9. The minimum Gasteiger partial charge on any atom is -0.399 e. The van der Waals surface area contributed by atoms with Gasteiger partial charge in [0.05, 0.1) is 27.8 Å². The van der Waals surface area contributed by atoms with Crippen LogP contribution in [-0.4, -0.2) is 27.9 Å². The van der Waals surface area contributed by atoms with Crippen molar-refractivity contribution in [3.05, 3.63) is 66.9 Å². The molecule has 0 aliphatic carbocycles. The molecule has 4 nitrogen and oxygen atoms in total. The van der Waals surface area contributed by atoms with Gasteiger partial charge in [0.2, 0.25) is 0 Å². The van der Waals surface area contributed by atoms with E-state index in [0.29, 0.717) is 0 Å². The van der Waals surface area contributed by atoms with Crippen molar-refractivity contribution in [2.75, 3.05) is 0 Å². The van der Waals surface area contributed by atoms with Crippen LogP contribution in [0.2, 0.25) is 0 Å². The Kier molecular flexibility index (Phi) is 3.70. The molecule has 0 N–H and O–H groups in total. The SMILES string of the molecule is CC1(C)OB(c2ccc3c(c2)c2ncccc2n3-c2ccccc2)OC1(C)C. The van der Waals surface area contributed by atoms with Gasteiger partial charge in [0.25, 0.3) is 0 Å². The van der Waals surface area contributed by atoms with Crippen molar-refractivity contribution in [2.45, 2.75) is 38.9 Å². The van der Waals surface area contributed by atoms with E-state index in [1.807, 2.05) is 18.3 Å². The van der Waals surface area contributed by atoms with Crippen molar-refractivity contribution in [3.8, 4) is 5.69 Å². The number of pyridine rings is 1. The monoisotopic (exact) mass is 370 g/mol. The zero-order valence-electron chi connectivity index (χ0n) is 16.6. The molecule has 0 atom stereocenters. The highest BCUT2D eigenvalue weighted by molar-refractivity contribution is 6.62. The molecule has 0 bridgehead atoms. The molecule has 0 unspecified atom stereocenters. The fraction of sp³-hybridized carbons (Fsp3) is 0.261. The van der Waals surface area contributed by atoms with E-state index >= 15 is 0 Å². The highest BCUT2D eigenvalue weighted by Crippen LogP contribution is 2.37. The van der Waals surface area contributed by atoms with Gasteiger partial charge in [-0.05, 0) is 63.5 Å². The van der Waals surface area contributed by atoms with Gasteiger partial charge in [-0.25, -0.2) is 0 Å². The average Bonchev–Trinajstić information content (AvgIpc) is 3.12. The van der Waals surface area contributed by atoms with E-state index in [0.717, 1.165) is 33.1 Å². The summed E-state index contributed by atoms with van der Waals surface area (Å²) in [6.45, 7) is 8.31. The Balaban J connectivity index is 1.71. The molecular weight excluding hydrogens is 347 g/mol. The number of aromatic nitrogens is 2. The summed E-state index contributed by atoms with van der Waals surface area (Å²) in [5, 5.41) is 1.10. The lowest BCUT2D eigenvalue weighted by molar-refractivity contribution is 0.00578. The van der Waals surface area contributed by atoms with Gasteiger partial charge in [-0.2, -0.15) is 0 Å². The molecule has 4 aromatic rings. The normalized spacial score (nSPS) is 18.2. The molecule has 1 aliphatic rings. The van der Waals surface area contributed by atoms with E-state index in [4.69, 9.17) is 9.31 Å². The Bertz CT molecular complexity index is 1170. The third kappa shape index (κ3) is 2.50. The Labute approximate surface area is 165 Å². The lowest BCUT2D eigenvalue weighted by Crippen LogP contribution is -2.41. The van der Waals surface area contributed by atoms with Gasteiger partial charge < -0.3 is 13.9 Å². The minimum atomic E-state index is -0.381. The number of nitrogens with zero attached hydrogens (tertiary/aromatic N) is 2. The fourth-order valence-corrected chi connectivity index (χ4v) is 3.83. The van der Waals surface area contributed by atoms with Crippen LogP contribution >= 0.6 is 0 Å². The molecular formula is C23H23BN2O2. The molecule has 2 aromatic carbocycles. The van der Waals surface area contributed by atoms with Gasteiger partial charge in [0.15, 0.2) is 0 Å². The first-order chi connectivity index (χ1) is 13.4. The van der Waals surface area contributed by atoms with Crippen LogP contribution in [0.15, 0.2) is 66.9 Å². The molecule has 1 aliphatic heterocycles.